The van der Waals surface area contributed by atoms with Gasteiger partial charge >= 0.3 is 0 Å². The molecule has 4 heterocycles. The van der Waals surface area contributed by atoms with Crippen LogP contribution in [0, 0.1) is 6.92 Å². The number of ether oxygens (including phenoxy) is 2. The number of nitrogens with zero attached hydrogens (tertiary/aromatic N) is 7. The van der Waals surface area contributed by atoms with E-state index in [2.05, 4.69) is 15.2 Å². The maximum Gasteiger partial charge on any atom is 0.230 e. The molecule has 0 saturated heterocycles. The van der Waals surface area contributed by atoms with E-state index in [1.165, 1.54) is 0 Å². The van der Waals surface area contributed by atoms with Crippen LogP contribution in [0.5, 0.6) is 17.5 Å². The third kappa shape index (κ3) is 4.51. The van der Waals surface area contributed by atoms with Gasteiger partial charge in [-0.2, -0.15) is 5.10 Å². The smallest absolute Gasteiger partial charge is 0.230 e. The van der Waals surface area contributed by atoms with Gasteiger partial charge in [0, 0.05) is 10.6 Å². The Hall–Kier alpha value is -5.22. The number of methoxy groups -OCH3 is 1. The molecule has 7 rings (SSSR count). The van der Waals surface area contributed by atoms with Crippen molar-refractivity contribution in [2.24, 2.45) is 5.16 Å². The van der Waals surface area contributed by atoms with E-state index in [1.54, 1.807) is 28.8 Å². The van der Waals surface area contributed by atoms with Gasteiger partial charge in [-0.05, 0) is 36.8 Å². The molecule has 1 aliphatic rings. The van der Waals surface area contributed by atoms with Crippen LogP contribution >= 0.6 is 11.6 Å². The van der Waals surface area contributed by atoms with Gasteiger partial charge in [0.25, 0.3) is 0 Å². The molecule has 0 N–H and O–H groups in total. The fourth-order valence-corrected chi connectivity index (χ4v) is 5.40. The minimum absolute atomic E-state index is 0.0803. The van der Waals surface area contributed by atoms with Crippen molar-refractivity contribution in [1.29, 1.82) is 0 Å². The Bertz CT molecular complexity index is 1950. The summed E-state index contributed by atoms with van der Waals surface area (Å²) in [6, 6.07) is 25.0. The molecule has 0 radical (unpaired) electrons. The summed E-state index contributed by atoms with van der Waals surface area (Å²) in [4.78, 5) is 15.0. The predicted molar refractivity (Wildman–Crippen MR) is 157 cm³/mol. The van der Waals surface area contributed by atoms with E-state index in [0.717, 1.165) is 39.4 Å². The molecule has 0 aliphatic carbocycles. The molecule has 1 aliphatic heterocycles. The third-order valence-corrected chi connectivity index (χ3v) is 7.27. The summed E-state index contributed by atoms with van der Waals surface area (Å²) >= 11 is 6.33. The highest BCUT2D eigenvalue weighted by atomic mass is 35.5. The molecule has 42 heavy (non-hydrogen) atoms. The van der Waals surface area contributed by atoms with Crippen LogP contribution in [-0.4, -0.2) is 42.7 Å². The molecular weight excluding hydrogens is 554 g/mol. The van der Waals surface area contributed by atoms with Gasteiger partial charge in [0.2, 0.25) is 11.8 Å². The van der Waals surface area contributed by atoms with Gasteiger partial charge in [-0.15, -0.1) is 5.10 Å². The van der Waals surface area contributed by atoms with Crippen molar-refractivity contribution in [2.75, 3.05) is 7.11 Å². The molecule has 10 nitrogen and oxygen atoms in total. The Morgan fingerprint density at radius 3 is 2.67 bits per heavy atom. The lowest BCUT2D eigenvalue weighted by Gasteiger charge is -2.27. The third-order valence-electron chi connectivity index (χ3n) is 7.04. The summed E-state index contributed by atoms with van der Waals surface area (Å²) in [7, 11) is 1.66. The Balaban J connectivity index is 1.34. The van der Waals surface area contributed by atoms with Crippen LogP contribution in [0.25, 0.3) is 11.3 Å². The van der Waals surface area contributed by atoms with Crippen LogP contribution < -0.4 is 9.47 Å². The van der Waals surface area contributed by atoms with Gasteiger partial charge in [0.05, 0.1) is 41.8 Å². The molecular formula is C31H24ClN7O3. The number of aromatic nitrogens is 6. The first-order valence-corrected chi connectivity index (χ1v) is 13.6. The van der Waals surface area contributed by atoms with E-state index in [9.17, 15) is 0 Å². The fourth-order valence-electron chi connectivity index (χ4n) is 5.21. The number of benzene rings is 3. The quantitative estimate of drug-likeness (QED) is 0.166. The van der Waals surface area contributed by atoms with Crippen LogP contribution in [0.15, 0.2) is 90.3 Å². The van der Waals surface area contributed by atoms with Gasteiger partial charge in [0.15, 0.2) is 18.1 Å². The first-order valence-electron chi connectivity index (χ1n) is 13.2. The van der Waals surface area contributed by atoms with Crippen molar-refractivity contribution in [1.82, 2.24) is 29.4 Å². The average Bonchev–Trinajstić information content (AvgIpc) is 3.59. The van der Waals surface area contributed by atoms with E-state index >= 15 is 0 Å². The van der Waals surface area contributed by atoms with Gasteiger partial charge in [-0.3, -0.25) is 0 Å². The molecule has 3 aromatic heterocycles. The molecule has 0 spiro atoms. The van der Waals surface area contributed by atoms with Crippen LogP contribution in [0.4, 0.5) is 0 Å². The highest BCUT2D eigenvalue weighted by Gasteiger charge is 2.39. The zero-order chi connectivity index (χ0) is 28.6. The highest BCUT2D eigenvalue weighted by Crippen LogP contribution is 2.51. The first kappa shape index (κ1) is 25.7. The minimum Gasteiger partial charge on any atom is -0.496 e. The normalized spacial score (nSPS) is 14.0. The van der Waals surface area contributed by atoms with E-state index in [1.807, 2.05) is 85.8 Å². The molecule has 208 valence electrons. The first-order chi connectivity index (χ1) is 20.6. The second kappa shape index (κ2) is 10.6. The molecule has 11 heteroatoms. The lowest BCUT2D eigenvalue weighted by molar-refractivity contribution is 0.126. The molecule has 1 atom stereocenters. The Morgan fingerprint density at radius 1 is 1.00 bits per heavy atom. The zero-order valence-corrected chi connectivity index (χ0v) is 23.4. The van der Waals surface area contributed by atoms with Gasteiger partial charge in [-0.25, -0.2) is 19.2 Å². The fraction of sp³-hybridized carbons (Fsp3) is 0.129. The number of oxime groups is 1. The summed E-state index contributed by atoms with van der Waals surface area (Å²) in [6.45, 7) is 2.04. The molecule has 0 fully saturated rings. The van der Waals surface area contributed by atoms with Crippen LogP contribution in [0.2, 0.25) is 5.02 Å². The van der Waals surface area contributed by atoms with E-state index in [0.29, 0.717) is 28.3 Å². The largest absolute Gasteiger partial charge is 0.496 e. The summed E-state index contributed by atoms with van der Waals surface area (Å²) in [5.41, 5.74) is 5.61. The minimum atomic E-state index is -0.363. The highest BCUT2D eigenvalue weighted by molar-refractivity contribution is 6.30. The number of fused-ring (bicyclic) bond motifs is 4. The lowest BCUT2D eigenvalue weighted by Crippen LogP contribution is -2.16. The van der Waals surface area contributed by atoms with Crippen molar-refractivity contribution >= 4 is 23.5 Å². The van der Waals surface area contributed by atoms with Crippen LogP contribution in [0.3, 0.4) is 0 Å². The average molecular weight is 578 g/mol. The Morgan fingerprint density at radius 2 is 1.83 bits per heavy atom. The molecule has 0 saturated carbocycles. The Labute approximate surface area is 245 Å². The number of para-hydroxylation sites is 1. The van der Waals surface area contributed by atoms with Gasteiger partial charge < -0.3 is 14.3 Å². The van der Waals surface area contributed by atoms with Crippen LogP contribution in [0.1, 0.15) is 39.7 Å². The molecule has 6 aromatic rings. The number of aryl methyl sites for hydroxylation is 1. The second-order valence-corrected chi connectivity index (χ2v) is 10.1. The second-order valence-electron chi connectivity index (χ2n) is 9.65. The van der Waals surface area contributed by atoms with E-state index in [4.69, 9.17) is 36.0 Å². The molecule has 0 unspecified atom stereocenters. The van der Waals surface area contributed by atoms with Crippen molar-refractivity contribution in [3.8, 4) is 23.2 Å². The topological polar surface area (TPSA) is 101 Å². The van der Waals surface area contributed by atoms with Gasteiger partial charge in [0.1, 0.15) is 12.1 Å². The summed E-state index contributed by atoms with van der Waals surface area (Å²) in [5.74, 6) is 1.75. The standard InChI is InChI=1S/C31H24ClN7O3/c1-19-26-27(23-13-6-7-14-24(23)40-2)28-29-35-25(17-41-34-16-20-9-4-3-5-10-20)37-38(29)18-33-30(28)42-31(26)39(36-19)22-12-8-11-21(32)15-22/h3-16,18,27H,17H2,1-2H3/b34-16-/t27-/m1/s1. The number of hydrogen-bond acceptors (Lipinski definition) is 8. The molecule has 0 bridgehead atoms. The van der Waals surface area contributed by atoms with Crippen molar-refractivity contribution in [3.63, 3.8) is 0 Å². The Kier molecular flexibility index (Phi) is 6.52. The van der Waals surface area contributed by atoms with Crippen molar-refractivity contribution < 1.29 is 14.3 Å². The molecule has 0 amide bonds. The predicted octanol–water partition coefficient (Wildman–Crippen LogP) is 6.12. The maximum absolute atomic E-state index is 6.48. The van der Waals surface area contributed by atoms with E-state index < -0.39 is 0 Å². The summed E-state index contributed by atoms with van der Waals surface area (Å²) < 4.78 is 15.7. The number of rotatable bonds is 7. The van der Waals surface area contributed by atoms with Crippen LogP contribution in [-0.2, 0) is 11.4 Å². The number of hydrogen-bond donors (Lipinski definition) is 0. The molecule has 3 aromatic carbocycles. The van der Waals surface area contributed by atoms with E-state index in [-0.39, 0.29) is 12.5 Å². The van der Waals surface area contributed by atoms with Gasteiger partial charge in [-0.1, -0.05) is 71.4 Å². The number of halogens is 1. The summed E-state index contributed by atoms with van der Waals surface area (Å²) in [5, 5.41) is 14.1. The summed E-state index contributed by atoms with van der Waals surface area (Å²) in [6.07, 6.45) is 3.22. The maximum atomic E-state index is 6.48. The SMILES string of the molecule is COc1ccccc1[C@@H]1c2c(C)nn(-c3cccc(Cl)c3)c2Oc2ncn3nc(CO/N=C\c4ccccc4)nc3c21. The lowest BCUT2D eigenvalue weighted by atomic mass is 9.84. The van der Waals surface area contributed by atoms with Crippen molar-refractivity contribution in [2.45, 2.75) is 19.4 Å². The zero-order valence-electron chi connectivity index (χ0n) is 22.7. The monoisotopic (exact) mass is 577 g/mol. The van der Waals surface area contributed by atoms with Crippen molar-refractivity contribution in [3.05, 3.63) is 124 Å².